The highest BCUT2D eigenvalue weighted by atomic mass is 16.5. The Kier molecular flexibility index (Phi) is 5.88. The topological polar surface area (TPSA) is 114 Å². The highest BCUT2D eigenvalue weighted by Gasteiger charge is 2.14. The van der Waals surface area contributed by atoms with Crippen LogP contribution in [-0.2, 0) is 11.8 Å². The zero-order chi connectivity index (χ0) is 22.0. The van der Waals surface area contributed by atoms with Gasteiger partial charge in [-0.3, -0.25) is 10.1 Å². The van der Waals surface area contributed by atoms with Gasteiger partial charge in [-0.15, -0.1) is 0 Å². The first-order valence-electron chi connectivity index (χ1n) is 10.1. The lowest BCUT2D eigenvalue weighted by molar-refractivity contribution is 0.0470. The van der Waals surface area contributed by atoms with Gasteiger partial charge in [0.2, 0.25) is 5.95 Å². The van der Waals surface area contributed by atoms with E-state index in [0.717, 1.165) is 16.6 Å². The number of amides is 1. The van der Waals surface area contributed by atoms with E-state index in [1.165, 1.54) is 0 Å². The number of oxazole rings is 1. The van der Waals surface area contributed by atoms with Gasteiger partial charge in [0.15, 0.2) is 5.58 Å². The number of carbonyl (C=O) groups is 1. The lowest BCUT2D eigenvalue weighted by atomic mass is 10.2. The summed E-state index contributed by atoms with van der Waals surface area (Å²) in [6.07, 6.45) is -0.524. The van der Waals surface area contributed by atoms with Crippen molar-refractivity contribution >= 4 is 40.0 Å². The molecule has 9 heteroatoms. The van der Waals surface area contributed by atoms with Crippen molar-refractivity contribution in [1.29, 1.82) is 0 Å². The fourth-order valence-corrected chi connectivity index (χ4v) is 3.23. The number of aliphatic hydroxyl groups excluding tert-OH is 1. The van der Waals surface area contributed by atoms with Gasteiger partial charge in [0.05, 0.1) is 30.4 Å². The van der Waals surface area contributed by atoms with E-state index in [2.05, 4.69) is 20.6 Å². The lowest BCUT2D eigenvalue weighted by Gasteiger charge is -2.08. The summed E-state index contributed by atoms with van der Waals surface area (Å²) in [5.41, 5.74) is 4.62. The maximum atomic E-state index is 12.4. The van der Waals surface area contributed by atoms with Crippen LogP contribution in [0.15, 0.2) is 40.8 Å². The Morgan fingerprint density at radius 1 is 1.23 bits per heavy atom. The van der Waals surface area contributed by atoms with Crippen LogP contribution in [-0.4, -0.2) is 51.4 Å². The van der Waals surface area contributed by atoms with Crippen molar-refractivity contribution in [1.82, 2.24) is 19.9 Å². The molecule has 0 aliphatic rings. The second kappa shape index (κ2) is 8.75. The Bertz CT molecular complexity index is 1230. The standard InChI is InChI=1S/C22H25N5O4/c1-13-4-6-16-19(10-13)31-22(25-16)26-21-24-17-11-15(5-7-18(17)27(21)3)20(29)23-8-9-30-12-14(2)28/h4-7,10-11,14,28H,8-9,12H2,1-3H3,(H,23,29)(H,24,25,26). The van der Waals surface area contributed by atoms with E-state index in [4.69, 9.17) is 14.3 Å². The molecule has 3 N–H and O–H groups in total. The SMILES string of the molecule is Cc1ccc2nc(Nc3nc4cc(C(=O)NCCOCC(C)O)ccc4n3C)oc2c1. The molecule has 31 heavy (non-hydrogen) atoms. The molecule has 0 spiro atoms. The van der Waals surface area contributed by atoms with Crippen LogP contribution in [0.5, 0.6) is 0 Å². The Morgan fingerprint density at radius 3 is 2.87 bits per heavy atom. The number of aliphatic hydroxyl groups is 1. The highest BCUT2D eigenvalue weighted by molar-refractivity contribution is 5.97. The van der Waals surface area contributed by atoms with Crippen LogP contribution in [0.25, 0.3) is 22.1 Å². The molecule has 4 rings (SSSR count). The summed E-state index contributed by atoms with van der Waals surface area (Å²) in [5, 5.41) is 15.1. The van der Waals surface area contributed by atoms with Crippen molar-refractivity contribution in [2.45, 2.75) is 20.0 Å². The van der Waals surface area contributed by atoms with Gasteiger partial charge in [0.1, 0.15) is 5.52 Å². The first kappa shape index (κ1) is 20.8. The average Bonchev–Trinajstić information content (AvgIpc) is 3.27. The maximum absolute atomic E-state index is 12.4. The maximum Gasteiger partial charge on any atom is 0.302 e. The monoisotopic (exact) mass is 423 g/mol. The predicted octanol–water partition coefficient (Wildman–Crippen LogP) is 2.89. The van der Waals surface area contributed by atoms with Gasteiger partial charge in [-0.1, -0.05) is 6.07 Å². The van der Waals surface area contributed by atoms with Crippen molar-refractivity contribution in [3.05, 3.63) is 47.5 Å². The first-order valence-corrected chi connectivity index (χ1v) is 10.1. The molecule has 0 saturated carbocycles. The number of rotatable bonds is 8. The number of aryl methyl sites for hydroxylation is 2. The molecule has 1 amide bonds. The predicted molar refractivity (Wildman–Crippen MR) is 118 cm³/mol. The molecule has 2 aromatic heterocycles. The van der Waals surface area contributed by atoms with Gasteiger partial charge >= 0.3 is 6.01 Å². The van der Waals surface area contributed by atoms with E-state index in [-0.39, 0.29) is 12.5 Å². The van der Waals surface area contributed by atoms with Crippen molar-refractivity contribution in [2.75, 3.05) is 25.1 Å². The summed E-state index contributed by atoms with van der Waals surface area (Å²) >= 11 is 0. The lowest BCUT2D eigenvalue weighted by Crippen LogP contribution is -2.28. The van der Waals surface area contributed by atoms with Gasteiger partial charge in [0.25, 0.3) is 5.91 Å². The number of anilines is 2. The number of benzene rings is 2. The molecule has 1 atom stereocenters. The molecule has 0 saturated heterocycles. The summed E-state index contributed by atoms with van der Waals surface area (Å²) in [6.45, 7) is 4.58. The molecule has 0 bridgehead atoms. The van der Waals surface area contributed by atoms with E-state index < -0.39 is 6.10 Å². The number of fused-ring (bicyclic) bond motifs is 2. The van der Waals surface area contributed by atoms with Crippen molar-refractivity contribution in [2.24, 2.45) is 7.05 Å². The third kappa shape index (κ3) is 4.68. The van der Waals surface area contributed by atoms with E-state index in [0.29, 0.717) is 41.8 Å². The third-order valence-corrected chi connectivity index (χ3v) is 4.80. The number of nitrogens with zero attached hydrogens (tertiary/aromatic N) is 3. The van der Waals surface area contributed by atoms with Crippen LogP contribution in [0.2, 0.25) is 0 Å². The number of imidazole rings is 1. The minimum absolute atomic E-state index is 0.211. The van der Waals surface area contributed by atoms with Crippen LogP contribution in [0, 0.1) is 6.92 Å². The molecule has 0 fully saturated rings. The largest absolute Gasteiger partial charge is 0.423 e. The van der Waals surface area contributed by atoms with Crippen LogP contribution in [0.3, 0.4) is 0 Å². The second-order valence-corrected chi connectivity index (χ2v) is 7.49. The van der Waals surface area contributed by atoms with Crippen LogP contribution < -0.4 is 10.6 Å². The Balaban J connectivity index is 1.47. The number of aromatic nitrogens is 3. The molecule has 0 aliphatic carbocycles. The Morgan fingerprint density at radius 2 is 2.06 bits per heavy atom. The molecule has 2 heterocycles. The van der Waals surface area contributed by atoms with Crippen LogP contribution in [0.1, 0.15) is 22.8 Å². The average molecular weight is 423 g/mol. The minimum Gasteiger partial charge on any atom is -0.423 e. The number of ether oxygens (including phenoxy) is 1. The number of hydrogen-bond acceptors (Lipinski definition) is 7. The smallest absolute Gasteiger partial charge is 0.302 e. The highest BCUT2D eigenvalue weighted by Crippen LogP contribution is 2.25. The fraction of sp³-hybridized carbons (Fsp3) is 0.318. The second-order valence-electron chi connectivity index (χ2n) is 7.49. The van der Waals surface area contributed by atoms with Crippen molar-refractivity contribution < 1.29 is 19.1 Å². The normalized spacial score (nSPS) is 12.4. The van der Waals surface area contributed by atoms with E-state index >= 15 is 0 Å². The van der Waals surface area contributed by atoms with Gasteiger partial charge in [0, 0.05) is 19.2 Å². The Labute approximate surface area is 179 Å². The molecular weight excluding hydrogens is 398 g/mol. The summed E-state index contributed by atoms with van der Waals surface area (Å²) in [4.78, 5) is 21.4. The molecule has 0 radical (unpaired) electrons. The van der Waals surface area contributed by atoms with E-state index in [1.54, 1.807) is 19.1 Å². The van der Waals surface area contributed by atoms with E-state index in [9.17, 15) is 4.79 Å². The van der Waals surface area contributed by atoms with Gasteiger partial charge < -0.3 is 24.1 Å². The zero-order valence-corrected chi connectivity index (χ0v) is 17.7. The summed E-state index contributed by atoms with van der Waals surface area (Å²) in [6, 6.07) is 11.5. The quantitative estimate of drug-likeness (QED) is 0.373. The third-order valence-electron chi connectivity index (χ3n) is 4.80. The molecule has 162 valence electrons. The zero-order valence-electron chi connectivity index (χ0n) is 17.7. The molecule has 9 nitrogen and oxygen atoms in total. The van der Waals surface area contributed by atoms with Crippen molar-refractivity contribution in [3.63, 3.8) is 0 Å². The van der Waals surface area contributed by atoms with Crippen molar-refractivity contribution in [3.8, 4) is 0 Å². The number of nitrogens with one attached hydrogen (secondary N) is 2. The summed E-state index contributed by atoms with van der Waals surface area (Å²) in [7, 11) is 1.88. The number of carbonyl (C=O) groups excluding carboxylic acids is 1. The van der Waals surface area contributed by atoms with E-state index in [1.807, 2.05) is 42.8 Å². The van der Waals surface area contributed by atoms with Gasteiger partial charge in [-0.2, -0.15) is 4.98 Å². The first-order chi connectivity index (χ1) is 14.9. The van der Waals surface area contributed by atoms with Crippen LogP contribution >= 0.6 is 0 Å². The number of hydrogen-bond donors (Lipinski definition) is 3. The molecule has 1 unspecified atom stereocenters. The van der Waals surface area contributed by atoms with Gasteiger partial charge in [-0.25, -0.2) is 4.98 Å². The fourth-order valence-electron chi connectivity index (χ4n) is 3.23. The summed E-state index contributed by atoms with van der Waals surface area (Å²) < 4.78 is 12.9. The molecule has 0 aliphatic heterocycles. The van der Waals surface area contributed by atoms with Gasteiger partial charge in [-0.05, 0) is 49.7 Å². The molecule has 2 aromatic carbocycles. The molecular formula is C22H25N5O4. The minimum atomic E-state index is -0.524. The van der Waals surface area contributed by atoms with Crippen LogP contribution in [0.4, 0.5) is 12.0 Å². The molecule has 4 aromatic rings. The summed E-state index contributed by atoms with van der Waals surface area (Å²) in [5.74, 6) is 0.347. The Hall–Kier alpha value is -3.43.